The van der Waals surface area contributed by atoms with Gasteiger partial charge in [-0.2, -0.15) is 0 Å². The minimum Gasteiger partial charge on any atom is -0.428 e. The topological polar surface area (TPSA) is 80.3 Å². The fourth-order valence-corrected chi connectivity index (χ4v) is 3.67. The number of hydrogen-bond acceptors (Lipinski definition) is 7. The molecule has 2 aromatic carbocycles. The summed E-state index contributed by atoms with van der Waals surface area (Å²) in [6, 6.07) is 17.5. The molecule has 2 bridgehead atoms. The normalized spacial score (nSPS) is 25.5. The van der Waals surface area contributed by atoms with Crippen molar-refractivity contribution in [3.05, 3.63) is 60.7 Å². The zero-order valence-corrected chi connectivity index (χ0v) is 15.8. The fraction of sp³-hybridized carbons (Fsp3) is 0.364. The molecule has 0 aliphatic carbocycles. The number of carbonyl (C=O) groups excluding carboxylic acids is 2. The van der Waals surface area contributed by atoms with Crippen LogP contribution in [0.25, 0.3) is 0 Å². The van der Waals surface area contributed by atoms with E-state index in [0.717, 1.165) is 0 Å². The van der Waals surface area contributed by atoms with E-state index < -0.39 is 12.3 Å². The molecular formula is C22H22O7. The van der Waals surface area contributed by atoms with Crippen molar-refractivity contribution in [2.24, 2.45) is 0 Å². The van der Waals surface area contributed by atoms with E-state index in [9.17, 15) is 9.59 Å². The summed E-state index contributed by atoms with van der Waals surface area (Å²) in [7, 11) is 0. The van der Waals surface area contributed by atoms with Crippen molar-refractivity contribution in [2.45, 2.75) is 50.1 Å². The SMILES string of the molecule is O=C(Oc1ccccc1)OC1CCC2OC1CCC2OC(=O)Oc1ccccc1. The van der Waals surface area contributed by atoms with Crippen LogP contribution in [0.3, 0.4) is 0 Å². The van der Waals surface area contributed by atoms with Gasteiger partial charge in [-0.15, -0.1) is 0 Å². The van der Waals surface area contributed by atoms with Crippen LogP contribution in [0.15, 0.2) is 60.7 Å². The van der Waals surface area contributed by atoms with Crippen LogP contribution in [0.1, 0.15) is 25.7 Å². The molecule has 2 aliphatic heterocycles. The molecule has 2 fully saturated rings. The van der Waals surface area contributed by atoms with E-state index >= 15 is 0 Å². The first-order chi connectivity index (χ1) is 14.2. The molecule has 2 aromatic rings. The fourth-order valence-electron chi connectivity index (χ4n) is 3.67. The van der Waals surface area contributed by atoms with Crippen molar-refractivity contribution >= 4 is 12.3 Å². The molecular weight excluding hydrogens is 376 g/mol. The Balaban J connectivity index is 1.25. The Hall–Kier alpha value is -3.06. The van der Waals surface area contributed by atoms with Crippen LogP contribution in [0.2, 0.25) is 0 Å². The van der Waals surface area contributed by atoms with Gasteiger partial charge in [-0.25, -0.2) is 9.59 Å². The van der Waals surface area contributed by atoms with Gasteiger partial charge < -0.3 is 23.7 Å². The summed E-state index contributed by atoms with van der Waals surface area (Å²) in [5, 5.41) is 0. The van der Waals surface area contributed by atoms with Crippen molar-refractivity contribution in [1.29, 1.82) is 0 Å². The van der Waals surface area contributed by atoms with E-state index in [0.29, 0.717) is 37.2 Å². The quantitative estimate of drug-likeness (QED) is 0.554. The highest BCUT2D eigenvalue weighted by Gasteiger charge is 2.43. The third-order valence-electron chi connectivity index (χ3n) is 5.03. The summed E-state index contributed by atoms with van der Waals surface area (Å²) < 4.78 is 27.3. The molecule has 4 unspecified atom stereocenters. The minimum absolute atomic E-state index is 0.234. The Kier molecular flexibility index (Phi) is 5.95. The van der Waals surface area contributed by atoms with Gasteiger partial charge in [0.25, 0.3) is 0 Å². The molecule has 152 valence electrons. The third kappa shape index (κ3) is 5.06. The smallest absolute Gasteiger partial charge is 0.428 e. The summed E-state index contributed by atoms with van der Waals surface area (Å²) in [5.41, 5.74) is 0. The van der Waals surface area contributed by atoms with Crippen LogP contribution in [0, 0.1) is 0 Å². The monoisotopic (exact) mass is 398 g/mol. The van der Waals surface area contributed by atoms with Crippen LogP contribution in [0.4, 0.5) is 9.59 Å². The second-order valence-corrected chi connectivity index (χ2v) is 7.01. The van der Waals surface area contributed by atoms with Gasteiger partial charge in [0.05, 0.1) is 12.2 Å². The molecule has 4 rings (SSSR count). The Labute approximate surface area is 168 Å². The molecule has 2 aliphatic rings. The highest BCUT2D eigenvalue weighted by Crippen LogP contribution is 2.34. The second kappa shape index (κ2) is 8.96. The zero-order valence-electron chi connectivity index (χ0n) is 15.8. The van der Waals surface area contributed by atoms with E-state index in [1.54, 1.807) is 48.5 Å². The Morgan fingerprint density at radius 1 is 0.655 bits per heavy atom. The number of para-hydroxylation sites is 2. The van der Waals surface area contributed by atoms with Gasteiger partial charge >= 0.3 is 12.3 Å². The Morgan fingerprint density at radius 3 is 1.48 bits per heavy atom. The summed E-state index contributed by atoms with van der Waals surface area (Å²) in [4.78, 5) is 24.1. The standard InChI is InChI=1S/C22H22O7/c23-21(25-15-7-3-1-4-8-15)28-19-13-11-18-20(14-12-17(19)27-18)29-22(24)26-16-9-5-2-6-10-16/h1-10,17-20H,11-14H2. The zero-order chi connectivity index (χ0) is 20.1. The molecule has 0 spiro atoms. The van der Waals surface area contributed by atoms with Gasteiger partial charge in [0.2, 0.25) is 0 Å². The maximum absolute atomic E-state index is 12.0. The van der Waals surface area contributed by atoms with E-state index in [-0.39, 0.29) is 24.4 Å². The molecule has 2 saturated heterocycles. The molecule has 7 nitrogen and oxygen atoms in total. The first-order valence-electron chi connectivity index (χ1n) is 9.70. The molecule has 4 atom stereocenters. The van der Waals surface area contributed by atoms with Crippen LogP contribution >= 0.6 is 0 Å². The van der Waals surface area contributed by atoms with Gasteiger partial charge in [-0.05, 0) is 49.9 Å². The van der Waals surface area contributed by atoms with Crippen LogP contribution in [-0.2, 0) is 14.2 Å². The van der Waals surface area contributed by atoms with E-state index in [1.807, 2.05) is 12.1 Å². The lowest BCUT2D eigenvalue weighted by Gasteiger charge is -2.42. The van der Waals surface area contributed by atoms with Gasteiger partial charge in [0.1, 0.15) is 23.7 Å². The number of fused-ring (bicyclic) bond motifs is 2. The highest BCUT2D eigenvalue weighted by atomic mass is 16.7. The molecule has 2 heterocycles. The first-order valence-corrected chi connectivity index (χ1v) is 9.70. The van der Waals surface area contributed by atoms with Gasteiger partial charge in [0.15, 0.2) is 0 Å². The van der Waals surface area contributed by atoms with Crippen LogP contribution in [-0.4, -0.2) is 36.7 Å². The summed E-state index contributed by atoms with van der Waals surface area (Å²) in [6.45, 7) is 0. The molecule has 0 N–H and O–H groups in total. The molecule has 0 radical (unpaired) electrons. The van der Waals surface area contributed by atoms with Gasteiger partial charge in [0, 0.05) is 0 Å². The van der Waals surface area contributed by atoms with Crippen molar-refractivity contribution in [3.63, 3.8) is 0 Å². The van der Waals surface area contributed by atoms with Gasteiger partial charge in [-0.1, -0.05) is 36.4 Å². The number of benzene rings is 2. The number of carbonyl (C=O) groups is 2. The van der Waals surface area contributed by atoms with Crippen molar-refractivity contribution < 1.29 is 33.3 Å². The maximum Gasteiger partial charge on any atom is 0.514 e. The molecule has 0 saturated carbocycles. The predicted molar refractivity (Wildman–Crippen MR) is 102 cm³/mol. The lowest BCUT2D eigenvalue weighted by molar-refractivity contribution is -0.187. The second-order valence-electron chi connectivity index (χ2n) is 7.01. The number of rotatable bonds is 4. The van der Waals surface area contributed by atoms with E-state index in [1.165, 1.54) is 0 Å². The third-order valence-corrected chi connectivity index (χ3v) is 5.03. The van der Waals surface area contributed by atoms with Crippen molar-refractivity contribution in [2.75, 3.05) is 0 Å². The maximum atomic E-state index is 12.0. The predicted octanol–water partition coefficient (Wildman–Crippen LogP) is 4.50. The molecule has 0 amide bonds. The van der Waals surface area contributed by atoms with E-state index in [2.05, 4.69) is 0 Å². The highest BCUT2D eigenvalue weighted by molar-refractivity contribution is 5.64. The lowest BCUT2D eigenvalue weighted by Crippen LogP contribution is -2.51. The van der Waals surface area contributed by atoms with Crippen LogP contribution < -0.4 is 9.47 Å². The average molecular weight is 398 g/mol. The molecule has 0 aromatic heterocycles. The Morgan fingerprint density at radius 2 is 1.07 bits per heavy atom. The first kappa shape index (κ1) is 19.3. The van der Waals surface area contributed by atoms with Gasteiger partial charge in [-0.3, -0.25) is 0 Å². The minimum atomic E-state index is -0.743. The summed E-state index contributed by atoms with van der Waals surface area (Å²) >= 11 is 0. The number of hydrogen-bond donors (Lipinski definition) is 0. The van der Waals surface area contributed by atoms with Crippen molar-refractivity contribution in [1.82, 2.24) is 0 Å². The molecule has 7 heteroatoms. The number of ether oxygens (including phenoxy) is 5. The largest absolute Gasteiger partial charge is 0.514 e. The summed E-state index contributed by atoms with van der Waals surface area (Å²) in [5.74, 6) is 0.863. The van der Waals surface area contributed by atoms with Crippen LogP contribution in [0.5, 0.6) is 11.5 Å². The summed E-state index contributed by atoms with van der Waals surface area (Å²) in [6.07, 6.45) is -0.240. The lowest BCUT2D eigenvalue weighted by atomic mass is 9.88. The molecule has 29 heavy (non-hydrogen) atoms. The van der Waals surface area contributed by atoms with E-state index in [4.69, 9.17) is 23.7 Å². The Bertz CT molecular complexity index is 754. The average Bonchev–Trinajstić information content (AvgIpc) is 2.73. The van der Waals surface area contributed by atoms with Crippen molar-refractivity contribution in [3.8, 4) is 11.5 Å².